The lowest BCUT2D eigenvalue weighted by Crippen LogP contribution is -2.26. The van der Waals surface area contributed by atoms with Crippen LogP contribution in [0.25, 0.3) is 0 Å². The summed E-state index contributed by atoms with van der Waals surface area (Å²) in [6, 6.07) is 3.69. The minimum atomic E-state index is -0.966. The first-order valence-corrected chi connectivity index (χ1v) is 7.25. The molecule has 0 saturated carbocycles. The fourth-order valence-corrected chi connectivity index (χ4v) is 2.96. The molecule has 1 aliphatic rings. The maximum atomic E-state index is 13.6. The molecule has 0 N–H and O–H groups in total. The van der Waals surface area contributed by atoms with E-state index in [9.17, 15) is 24.1 Å². The molecule has 1 unspecified atom stereocenters. The number of nitro benzene ring substituents is 1. The van der Waals surface area contributed by atoms with Gasteiger partial charge in [-0.3, -0.25) is 19.7 Å². The summed E-state index contributed by atoms with van der Waals surface area (Å²) in [4.78, 5) is 34.3. The third kappa shape index (κ3) is 3.38. The van der Waals surface area contributed by atoms with E-state index in [1.807, 2.05) is 0 Å². The molecule has 1 fully saturated rings. The second-order valence-corrected chi connectivity index (χ2v) is 5.94. The molecule has 0 radical (unpaired) electrons. The zero-order chi connectivity index (χ0) is 15.6. The van der Waals surface area contributed by atoms with Gasteiger partial charge >= 0.3 is 5.69 Å². The molecule has 1 amide bonds. The average Bonchev–Trinajstić information content (AvgIpc) is 2.76. The normalized spacial score (nSPS) is 18.1. The van der Waals surface area contributed by atoms with Crippen LogP contribution in [0.4, 0.5) is 15.8 Å². The summed E-state index contributed by atoms with van der Waals surface area (Å²) in [5.41, 5.74) is -0.717. The van der Waals surface area contributed by atoms with Gasteiger partial charge in [0.25, 0.3) is 0 Å². The van der Waals surface area contributed by atoms with Crippen LogP contribution in [-0.2, 0) is 9.59 Å². The number of amides is 1. The van der Waals surface area contributed by atoms with E-state index in [1.165, 1.54) is 24.0 Å². The van der Waals surface area contributed by atoms with E-state index in [0.29, 0.717) is 5.75 Å². The maximum Gasteiger partial charge on any atom is 0.328 e. The van der Waals surface area contributed by atoms with Gasteiger partial charge in [0.05, 0.1) is 4.92 Å². The van der Waals surface area contributed by atoms with Gasteiger partial charge in [0, 0.05) is 25.6 Å². The molecule has 1 saturated heterocycles. The van der Waals surface area contributed by atoms with Crippen LogP contribution in [0.2, 0.25) is 0 Å². The molecular weight excluding hydrogens is 299 g/mol. The summed E-state index contributed by atoms with van der Waals surface area (Å²) in [5.74, 6) is -0.861. The topological polar surface area (TPSA) is 80.5 Å². The molecule has 21 heavy (non-hydrogen) atoms. The minimum absolute atomic E-state index is 0.0275. The van der Waals surface area contributed by atoms with Crippen LogP contribution in [0.5, 0.6) is 0 Å². The van der Waals surface area contributed by atoms with Crippen molar-refractivity contribution in [2.24, 2.45) is 5.92 Å². The summed E-state index contributed by atoms with van der Waals surface area (Å²) in [6.07, 6.45) is 0.202. The Kier molecular flexibility index (Phi) is 4.56. The first kappa shape index (κ1) is 15.4. The number of benzene rings is 1. The number of anilines is 1. The Bertz CT molecular complexity index is 608. The summed E-state index contributed by atoms with van der Waals surface area (Å²) >= 11 is 1.12. The number of rotatable bonds is 4. The predicted octanol–water partition coefficient (Wildman–Crippen LogP) is 2.37. The van der Waals surface area contributed by atoms with Gasteiger partial charge < -0.3 is 4.90 Å². The van der Waals surface area contributed by atoms with Gasteiger partial charge in [-0.1, -0.05) is 17.8 Å². The summed E-state index contributed by atoms with van der Waals surface area (Å²) in [7, 11) is 0. The van der Waals surface area contributed by atoms with Crippen LogP contribution in [0.15, 0.2) is 18.2 Å². The smallest absolute Gasteiger partial charge is 0.306 e. The van der Waals surface area contributed by atoms with E-state index in [2.05, 4.69) is 0 Å². The summed E-state index contributed by atoms with van der Waals surface area (Å²) < 4.78 is 13.6. The molecule has 8 heteroatoms. The van der Waals surface area contributed by atoms with Gasteiger partial charge in [-0.15, -0.1) is 0 Å². The second-order valence-electron chi connectivity index (χ2n) is 4.74. The number of hydrogen-bond donors (Lipinski definition) is 0. The van der Waals surface area contributed by atoms with Crippen molar-refractivity contribution in [3.8, 4) is 0 Å². The highest BCUT2D eigenvalue weighted by molar-refractivity contribution is 8.13. The summed E-state index contributed by atoms with van der Waals surface area (Å²) in [6.45, 7) is 1.69. The van der Waals surface area contributed by atoms with Crippen molar-refractivity contribution in [1.82, 2.24) is 0 Å². The zero-order valence-electron chi connectivity index (χ0n) is 11.2. The maximum absolute atomic E-state index is 13.6. The predicted molar refractivity (Wildman–Crippen MR) is 76.7 cm³/mol. The largest absolute Gasteiger partial charge is 0.328 e. The molecule has 112 valence electrons. The van der Waals surface area contributed by atoms with Gasteiger partial charge in [-0.2, -0.15) is 4.39 Å². The van der Waals surface area contributed by atoms with E-state index >= 15 is 0 Å². The summed E-state index contributed by atoms with van der Waals surface area (Å²) in [5, 5.41) is 10.9. The molecule has 0 spiro atoms. The molecule has 1 aromatic rings. The molecule has 0 bridgehead atoms. The lowest BCUT2D eigenvalue weighted by Gasteiger charge is -2.16. The van der Waals surface area contributed by atoms with Crippen molar-refractivity contribution in [2.75, 3.05) is 17.2 Å². The number of carbonyl (C=O) groups excluding carboxylic acids is 2. The van der Waals surface area contributed by atoms with Crippen molar-refractivity contribution in [3.05, 3.63) is 34.1 Å². The number of thioether (sulfide) groups is 1. The van der Waals surface area contributed by atoms with Gasteiger partial charge in [0.2, 0.25) is 11.7 Å². The Labute approximate surface area is 124 Å². The van der Waals surface area contributed by atoms with Crippen molar-refractivity contribution in [3.63, 3.8) is 0 Å². The van der Waals surface area contributed by atoms with Crippen molar-refractivity contribution < 1.29 is 18.9 Å². The van der Waals surface area contributed by atoms with Crippen LogP contribution in [0.1, 0.15) is 13.3 Å². The number of nitrogens with zero attached hydrogens (tertiary/aromatic N) is 2. The van der Waals surface area contributed by atoms with E-state index in [-0.39, 0.29) is 35.6 Å². The van der Waals surface area contributed by atoms with E-state index in [1.54, 1.807) is 0 Å². The van der Waals surface area contributed by atoms with Crippen LogP contribution in [0, 0.1) is 21.8 Å². The van der Waals surface area contributed by atoms with Gasteiger partial charge in [-0.25, -0.2) is 0 Å². The van der Waals surface area contributed by atoms with Crippen LogP contribution in [-0.4, -0.2) is 28.2 Å². The monoisotopic (exact) mass is 312 g/mol. The third-order valence-corrected chi connectivity index (χ3v) is 4.21. The fourth-order valence-electron chi connectivity index (χ4n) is 2.26. The Hall–Kier alpha value is -1.96. The van der Waals surface area contributed by atoms with Gasteiger partial charge in [0.1, 0.15) is 5.69 Å². The molecule has 6 nitrogen and oxygen atoms in total. The van der Waals surface area contributed by atoms with Crippen molar-refractivity contribution >= 4 is 34.2 Å². The van der Waals surface area contributed by atoms with Crippen LogP contribution < -0.4 is 4.90 Å². The number of carbonyl (C=O) groups is 2. The van der Waals surface area contributed by atoms with E-state index < -0.39 is 16.4 Å². The minimum Gasteiger partial charge on any atom is -0.306 e. The Morgan fingerprint density at radius 3 is 2.90 bits per heavy atom. The first-order valence-electron chi connectivity index (χ1n) is 6.26. The van der Waals surface area contributed by atoms with Crippen molar-refractivity contribution in [1.29, 1.82) is 0 Å². The first-order chi connectivity index (χ1) is 9.90. The third-order valence-electron chi connectivity index (χ3n) is 3.17. The molecule has 1 aromatic carbocycles. The van der Waals surface area contributed by atoms with Gasteiger partial charge in [0.15, 0.2) is 5.12 Å². The number of halogens is 1. The highest BCUT2D eigenvalue weighted by Crippen LogP contribution is 2.35. The van der Waals surface area contributed by atoms with Crippen LogP contribution >= 0.6 is 11.8 Å². The molecule has 1 atom stereocenters. The standard InChI is InChI=1S/C13H13FN2O4S/c1-8(17)21-7-9-5-12(18)15(6-9)11-4-2-3-10(14)13(11)16(19)20/h2-4,9H,5-7H2,1H3. The Morgan fingerprint density at radius 2 is 2.29 bits per heavy atom. The van der Waals surface area contributed by atoms with Crippen molar-refractivity contribution in [2.45, 2.75) is 13.3 Å². The molecular formula is C13H13FN2O4S. The molecule has 2 rings (SSSR count). The average molecular weight is 312 g/mol. The lowest BCUT2D eigenvalue weighted by molar-refractivity contribution is -0.386. The molecule has 1 aliphatic heterocycles. The zero-order valence-corrected chi connectivity index (χ0v) is 12.1. The Balaban J connectivity index is 2.23. The molecule has 1 heterocycles. The van der Waals surface area contributed by atoms with E-state index in [4.69, 9.17) is 0 Å². The van der Waals surface area contributed by atoms with E-state index in [0.717, 1.165) is 17.8 Å². The molecule has 0 aliphatic carbocycles. The Morgan fingerprint density at radius 1 is 1.57 bits per heavy atom. The van der Waals surface area contributed by atoms with Crippen LogP contribution in [0.3, 0.4) is 0 Å². The number of para-hydroxylation sites is 1. The fraction of sp³-hybridized carbons (Fsp3) is 0.385. The SMILES string of the molecule is CC(=O)SCC1CC(=O)N(c2cccc(F)c2[N+](=O)[O-])C1. The highest BCUT2D eigenvalue weighted by Gasteiger charge is 2.35. The quantitative estimate of drug-likeness (QED) is 0.630. The highest BCUT2D eigenvalue weighted by atomic mass is 32.2. The second kappa shape index (κ2) is 6.21. The number of nitro groups is 1. The molecule has 0 aromatic heterocycles. The lowest BCUT2D eigenvalue weighted by atomic mass is 10.1. The number of hydrogen-bond acceptors (Lipinski definition) is 5. The van der Waals surface area contributed by atoms with Gasteiger partial charge in [-0.05, 0) is 18.1 Å².